The molecular formula is C17H14N2O4. The molecule has 3 N–H and O–H groups in total. The molecule has 6 heteroatoms. The highest BCUT2D eigenvalue weighted by atomic mass is 16.5. The van der Waals surface area contributed by atoms with E-state index in [4.69, 9.17) is 4.74 Å². The lowest BCUT2D eigenvalue weighted by Gasteiger charge is -2.06. The molecule has 3 aromatic rings. The molecule has 0 atom stereocenters. The number of anilines is 1. The first-order valence-electron chi connectivity index (χ1n) is 6.89. The summed E-state index contributed by atoms with van der Waals surface area (Å²) < 4.78 is 5.05. The Kier molecular flexibility index (Phi) is 3.72. The Labute approximate surface area is 131 Å². The number of nitrogens with one attached hydrogen (secondary N) is 2. The van der Waals surface area contributed by atoms with Crippen LogP contribution in [0.25, 0.3) is 10.9 Å². The molecule has 0 aliphatic carbocycles. The average molecular weight is 310 g/mol. The number of hydrogen-bond acceptors (Lipinski definition) is 3. The van der Waals surface area contributed by atoms with Gasteiger partial charge in [0, 0.05) is 16.5 Å². The molecule has 0 aliphatic rings. The van der Waals surface area contributed by atoms with Crippen molar-refractivity contribution in [1.82, 2.24) is 4.98 Å². The minimum atomic E-state index is -1.13. The number of carboxylic acid groups (broad SMARTS) is 1. The van der Waals surface area contributed by atoms with Gasteiger partial charge < -0.3 is 20.1 Å². The number of carbonyl (C=O) groups is 2. The molecule has 1 aromatic heterocycles. The zero-order valence-electron chi connectivity index (χ0n) is 12.3. The van der Waals surface area contributed by atoms with Crippen molar-refractivity contribution >= 4 is 28.5 Å². The summed E-state index contributed by atoms with van der Waals surface area (Å²) in [6.45, 7) is 0. The van der Waals surface area contributed by atoms with Gasteiger partial charge in [-0.05, 0) is 30.3 Å². The summed E-state index contributed by atoms with van der Waals surface area (Å²) in [6, 6.07) is 13.6. The maximum absolute atomic E-state index is 12.4. The molecule has 6 nitrogen and oxygen atoms in total. The molecule has 1 amide bonds. The first kappa shape index (κ1) is 14.6. The Morgan fingerprint density at radius 2 is 1.78 bits per heavy atom. The third-order valence-electron chi connectivity index (χ3n) is 3.51. The fourth-order valence-corrected chi connectivity index (χ4v) is 2.36. The number of aromatic amines is 1. The van der Waals surface area contributed by atoms with Crippen LogP contribution in [-0.2, 0) is 0 Å². The predicted molar refractivity (Wildman–Crippen MR) is 86.2 cm³/mol. The standard InChI is InChI=1S/C17H14N2O4/c1-23-11-8-6-10(7-9-11)16(20)19-14-12-4-2-3-5-13(12)18-15(14)17(21)22/h2-9,18H,1H3,(H,19,20)(H,21,22). The molecule has 2 aromatic carbocycles. The van der Waals surface area contributed by atoms with Crippen LogP contribution in [-0.4, -0.2) is 29.1 Å². The minimum Gasteiger partial charge on any atom is -0.497 e. The molecule has 0 spiro atoms. The summed E-state index contributed by atoms with van der Waals surface area (Å²) in [5.74, 6) is -0.883. The molecule has 0 saturated carbocycles. The summed E-state index contributed by atoms with van der Waals surface area (Å²) in [6.07, 6.45) is 0. The van der Waals surface area contributed by atoms with E-state index in [1.807, 2.05) is 0 Å². The van der Waals surface area contributed by atoms with Crippen LogP contribution in [0.2, 0.25) is 0 Å². The summed E-state index contributed by atoms with van der Waals surface area (Å²) in [5.41, 5.74) is 1.27. The largest absolute Gasteiger partial charge is 0.497 e. The Bertz CT molecular complexity index is 881. The summed E-state index contributed by atoms with van der Waals surface area (Å²) in [4.78, 5) is 26.6. The van der Waals surface area contributed by atoms with Crippen LogP contribution in [0, 0.1) is 0 Å². The molecule has 0 unspecified atom stereocenters. The number of hydrogen-bond donors (Lipinski definition) is 3. The van der Waals surface area contributed by atoms with Crippen LogP contribution in [0.15, 0.2) is 48.5 Å². The number of amides is 1. The molecule has 0 radical (unpaired) electrons. The smallest absolute Gasteiger partial charge is 0.354 e. The lowest BCUT2D eigenvalue weighted by molar-refractivity contribution is 0.0692. The number of para-hydroxylation sites is 1. The molecule has 116 valence electrons. The van der Waals surface area contributed by atoms with Gasteiger partial charge in [-0.15, -0.1) is 0 Å². The second-order valence-electron chi connectivity index (χ2n) is 4.91. The van der Waals surface area contributed by atoms with Crippen LogP contribution >= 0.6 is 0 Å². The van der Waals surface area contributed by atoms with Gasteiger partial charge in [0.25, 0.3) is 5.91 Å². The lowest BCUT2D eigenvalue weighted by atomic mass is 10.1. The van der Waals surface area contributed by atoms with Crippen LogP contribution in [0.3, 0.4) is 0 Å². The topological polar surface area (TPSA) is 91.4 Å². The van der Waals surface area contributed by atoms with Gasteiger partial charge in [0.15, 0.2) is 0 Å². The van der Waals surface area contributed by atoms with E-state index in [0.717, 1.165) is 0 Å². The number of methoxy groups -OCH3 is 1. The Balaban J connectivity index is 1.98. The number of rotatable bonds is 4. The van der Waals surface area contributed by atoms with Crippen LogP contribution in [0.5, 0.6) is 5.75 Å². The predicted octanol–water partition coefficient (Wildman–Crippen LogP) is 3.13. The number of benzene rings is 2. The van der Waals surface area contributed by atoms with Gasteiger partial charge in [-0.1, -0.05) is 18.2 Å². The second kappa shape index (κ2) is 5.84. The molecule has 1 heterocycles. The number of carboxylic acids is 1. The van der Waals surface area contributed by atoms with E-state index in [0.29, 0.717) is 22.2 Å². The third-order valence-corrected chi connectivity index (χ3v) is 3.51. The average Bonchev–Trinajstić information content (AvgIpc) is 2.94. The van der Waals surface area contributed by atoms with Crippen molar-refractivity contribution in [2.24, 2.45) is 0 Å². The Morgan fingerprint density at radius 3 is 2.43 bits per heavy atom. The fourth-order valence-electron chi connectivity index (χ4n) is 2.36. The molecule has 0 fully saturated rings. The summed E-state index contributed by atoms with van der Waals surface area (Å²) in [5, 5.41) is 12.6. The van der Waals surface area contributed by atoms with Crippen molar-refractivity contribution < 1.29 is 19.4 Å². The van der Waals surface area contributed by atoms with Gasteiger partial charge in [0.1, 0.15) is 11.4 Å². The highest BCUT2D eigenvalue weighted by Gasteiger charge is 2.19. The van der Waals surface area contributed by atoms with Gasteiger partial charge in [0.2, 0.25) is 0 Å². The lowest BCUT2D eigenvalue weighted by Crippen LogP contribution is -2.14. The van der Waals surface area contributed by atoms with E-state index in [2.05, 4.69) is 10.3 Å². The molecule has 3 rings (SSSR count). The van der Waals surface area contributed by atoms with Crippen molar-refractivity contribution in [3.63, 3.8) is 0 Å². The highest BCUT2D eigenvalue weighted by Crippen LogP contribution is 2.28. The van der Waals surface area contributed by atoms with E-state index in [1.54, 1.807) is 55.6 Å². The van der Waals surface area contributed by atoms with Gasteiger partial charge in [0.05, 0.1) is 12.8 Å². The van der Waals surface area contributed by atoms with Crippen LogP contribution < -0.4 is 10.1 Å². The van der Waals surface area contributed by atoms with Crippen molar-refractivity contribution in [2.45, 2.75) is 0 Å². The Hall–Kier alpha value is -3.28. The van der Waals surface area contributed by atoms with E-state index in [1.165, 1.54) is 0 Å². The van der Waals surface area contributed by atoms with Gasteiger partial charge in [-0.25, -0.2) is 4.79 Å². The van der Waals surface area contributed by atoms with Crippen LogP contribution in [0.4, 0.5) is 5.69 Å². The second-order valence-corrected chi connectivity index (χ2v) is 4.91. The van der Waals surface area contributed by atoms with Crippen molar-refractivity contribution in [1.29, 1.82) is 0 Å². The van der Waals surface area contributed by atoms with E-state index >= 15 is 0 Å². The monoisotopic (exact) mass is 310 g/mol. The normalized spacial score (nSPS) is 10.5. The van der Waals surface area contributed by atoms with Gasteiger partial charge in [-0.2, -0.15) is 0 Å². The Morgan fingerprint density at radius 1 is 1.09 bits per heavy atom. The first-order valence-corrected chi connectivity index (χ1v) is 6.89. The van der Waals surface area contributed by atoms with Crippen molar-refractivity contribution in [3.05, 3.63) is 59.8 Å². The fraction of sp³-hybridized carbons (Fsp3) is 0.0588. The number of ether oxygens (including phenoxy) is 1. The number of aromatic carboxylic acids is 1. The number of H-pyrrole nitrogens is 1. The third kappa shape index (κ3) is 2.74. The van der Waals surface area contributed by atoms with Crippen LogP contribution in [0.1, 0.15) is 20.8 Å². The summed E-state index contributed by atoms with van der Waals surface area (Å²) >= 11 is 0. The van der Waals surface area contributed by atoms with Crippen molar-refractivity contribution in [3.8, 4) is 5.75 Å². The van der Waals surface area contributed by atoms with E-state index in [-0.39, 0.29) is 17.3 Å². The zero-order chi connectivity index (χ0) is 16.4. The quantitative estimate of drug-likeness (QED) is 0.690. The van der Waals surface area contributed by atoms with E-state index in [9.17, 15) is 14.7 Å². The number of fused-ring (bicyclic) bond motifs is 1. The zero-order valence-corrected chi connectivity index (χ0v) is 12.3. The van der Waals surface area contributed by atoms with Crippen molar-refractivity contribution in [2.75, 3.05) is 12.4 Å². The van der Waals surface area contributed by atoms with E-state index < -0.39 is 5.97 Å². The number of aromatic nitrogens is 1. The molecule has 0 aliphatic heterocycles. The maximum Gasteiger partial charge on any atom is 0.354 e. The number of carbonyl (C=O) groups excluding carboxylic acids is 1. The SMILES string of the molecule is COc1ccc(C(=O)Nc2c(C(=O)O)[nH]c3ccccc23)cc1. The first-order chi connectivity index (χ1) is 11.1. The van der Waals surface area contributed by atoms with Gasteiger partial charge in [-0.3, -0.25) is 4.79 Å². The highest BCUT2D eigenvalue weighted by molar-refractivity contribution is 6.14. The summed E-state index contributed by atoms with van der Waals surface area (Å²) in [7, 11) is 1.54. The molecule has 23 heavy (non-hydrogen) atoms. The minimum absolute atomic E-state index is 0.0481. The van der Waals surface area contributed by atoms with Gasteiger partial charge >= 0.3 is 5.97 Å². The molecule has 0 saturated heterocycles. The maximum atomic E-state index is 12.4. The molecule has 0 bridgehead atoms. The molecular weight excluding hydrogens is 296 g/mol.